The van der Waals surface area contributed by atoms with Crippen LogP contribution in [-0.4, -0.2) is 40.7 Å². The average Bonchev–Trinajstić information content (AvgIpc) is 2.99. The Morgan fingerprint density at radius 2 is 2.10 bits per heavy atom. The number of amides is 2. The van der Waals surface area contributed by atoms with E-state index in [4.69, 9.17) is 0 Å². The molecule has 0 radical (unpaired) electrons. The fourth-order valence-corrected chi connectivity index (χ4v) is 3.67. The zero-order valence-corrected chi connectivity index (χ0v) is 12.9. The van der Waals surface area contributed by atoms with Crippen molar-refractivity contribution in [2.45, 2.75) is 25.0 Å². The maximum Gasteiger partial charge on any atom is 0.261 e. The largest absolute Gasteiger partial charge is 0.335 e. The standard InChI is InChI=1S/C15H17N3O2S/c1-3-4-10-8-16-15(21-10)17-9-5-6-11-12(7-9)14(20)18(2)13(11)19/h5-7,10H,3-4,8H2,1-2H3,(H,16,17). The number of nitrogens with zero attached hydrogens (tertiary/aromatic N) is 2. The first-order valence-corrected chi connectivity index (χ1v) is 7.92. The summed E-state index contributed by atoms with van der Waals surface area (Å²) in [5.41, 5.74) is 1.73. The topological polar surface area (TPSA) is 61.8 Å². The number of carbonyl (C=O) groups excluding carboxylic acids is 2. The predicted molar refractivity (Wildman–Crippen MR) is 85.1 cm³/mol. The molecule has 21 heavy (non-hydrogen) atoms. The molecule has 0 saturated carbocycles. The third kappa shape index (κ3) is 2.55. The van der Waals surface area contributed by atoms with Crippen LogP contribution in [0.3, 0.4) is 0 Å². The minimum absolute atomic E-state index is 0.239. The molecule has 0 spiro atoms. The molecule has 1 atom stereocenters. The Kier molecular flexibility index (Phi) is 3.71. The van der Waals surface area contributed by atoms with E-state index in [0.717, 1.165) is 35.1 Å². The van der Waals surface area contributed by atoms with Crippen LogP contribution in [0.5, 0.6) is 0 Å². The number of thioether (sulfide) groups is 1. The Morgan fingerprint density at radius 1 is 1.33 bits per heavy atom. The molecular weight excluding hydrogens is 286 g/mol. The molecule has 0 aromatic heterocycles. The van der Waals surface area contributed by atoms with Crippen molar-refractivity contribution in [3.8, 4) is 0 Å². The van der Waals surface area contributed by atoms with Gasteiger partial charge in [0.05, 0.1) is 17.7 Å². The van der Waals surface area contributed by atoms with Crippen LogP contribution in [-0.2, 0) is 0 Å². The fourth-order valence-electron chi connectivity index (χ4n) is 2.52. The number of hydrogen-bond donors (Lipinski definition) is 1. The van der Waals surface area contributed by atoms with Crippen LogP contribution in [0.2, 0.25) is 0 Å². The van der Waals surface area contributed by atoms with Gasteiger partial charge in [-0.3, -0.25) is 19.5 Å². The van der Waals surface area contributed by atoms with Gasteiger partial charge in [-0.2, -0.15) is 0 Å². The summed E-state index contributed by atoms with van der Waals surface area (Å²) in [5, 5.41) is 4.67. The third-order valence-corrected chi connectivity index (χ3v) is 4.84. The Balaban J connectivity index is 1.75. The lowest BCUT2D eigenvalue weighted by Gasteiger charge is -2.08. The molecule has 1 aromatic carbocycles. The van der Waals surface area contributed by atoms with Crippen LogP contribution in [0.15, 0.2) is 23.2 Å². The van der Waals surface area contributed by atoms with Crippen molar-refractivity contribution in [1.82, 2.24) is 4.90 Å². The van der Waals surface area contributed by atoms with Gasteiger partial charge in [0.2, 0.25) is 0 Å². The molecule has 2 aliphatic rings. The molecule has 1 N–H and O–H groups in total. The van der Waals surface area contributed by atoms with E-state index in [1.807, 2.05) is 6.07 Å². The number of imide groups is 1. The van der Waals surface area contributed by atoms with E-state index in [2.05, 4.69) is 17.2 Å². The lowest BCUT2D eigenvalue weighted by molar-refractivity contribution is 0.0693. The van der Waals surface area contributed by atoms with E-state index >= 15 is 0 Å². The minimum atomic E-state index is -0.247. The van der Waals surface area contributed by atoms with E-state index in [1.165, 1.54) is 7.05 Å². The van der Waals surface area contributed by atoms with Gasteiger partial charge in [0, 0.05) is 18.0 Å². The van der Waals surface area contributed by atoms with Crippen molar-refractivity contribution in [2.75, 3.05) is 18.9 Å². The van der Waals surface area contributed by atoms with Crippen molar-refractivity contribution >= 4 is 34.4 Å². The molecule has 0 aliphatic carbocycles. The summed E-state index contributed by atoms with van der Waals surface area (Å²) >= 11 is 1.74. The Labute approximate surface area is 127 Å². The first-order valence-electron chi connectivity index (χ1n) is 7.04. The maximum atomic E-state index is 12.0. The number of fused-ring (bicyclic) bond motifs is 1. The van der Waals surface area contributed by atoms with Gasteiger partial charge in [0.25, 0.3) is 11.8 Å². The van der Waals surface area contributed by atoms with Gasteiger partial charge in [-0.15, -0.1) is 0 Å². The van der Waals surface area contributed by atoms with Gasteiger partial charge in [-0.05, 0) is 24.6 Å². The fraction of sp³-hybridized carbons (Fsp3) is 0.400. The van der Waals surface area contributed by atoms with Crippen molar-refractivity contribution in [3.05, 3.63) is 29.3 Å². The summed E-state index contributed by atoms with van der Waals surface area (Å²) in [7, 11) is 1.50. The van der Waals surface area contributed by atoms with Crippen molar-refractivity contribution in [2.24, 2.45) is 4.99 Å². The van der Waals surface area contributed by atoms with E-state index in [9.17, 15) is 9.59 Å². The van der Waals surface area contributed by atoms with E-state index in [0.29, 0.717) is 16.4 Å². The summed E-state index contributed by atoms with van der Waals surface area (Å²) in [6.07, 6.45) is 2.31. The molecule has 5 nitrogen and oxygen atoms in total. The van der Waals surface area contributed by atoms with Gasteiger partial charge < -0.3 is 5.32 Å². The molecule has 2 amide bonds. The zero-order chi connectivity index (χ0) is 15.0. The highest BCUT2D eigenvalue weighted by atomic mass is 32.2. The molecular formula is C15H17N3O2S. The monoisotopic (exact) mass is 303 g/mol. The van der Waals surface area contributed by atoms with Crippen LogP contribution < -0.4 is 5.32 Å². The molecule has 110 valence electrons. The number of rotatable bonds is 3. The van der Waals surface area contributed by atoms with Crippen LogP contribution in [0.25, 0.3) is 0 Å². The molecule has 1 unspecified atom stereocenters. The van der Waals surface area contributed by atoms with Crippen molar-refractivity contribution in [1.29, 1.82) is 0 Å². The van der Waals surface area contributed by atoms with E-state index < -0.39 is 0 Å². The van der Waals surface area contributed by atoms with Gasteiger partial charge in [0.15, 0.2) is 5.17 Å². The minimum Gasteiger partial charge on any atom is -0.335 e. The summed E-state index contributed by atoms with van der Waals surface area (Å²) in [4.78, 5) is 29.4. The first kappa shape index (κ1) is 14.1. The first-order chi connectivity index (χ1) is 10.1. The number of aliphatic imine (C=N–C) groups is 1. The van der Waals surface area contributed by atoms with Crippen LogP contribution in [0.1, 0.15) is 40.5 Å². The molecule has 3 rings (SSSR count). The lowest BCUT2D eigenvalue weighted by Crippen LogP contribution is -2.24. The highest BCUT2D eigenvalue weighted by Gasteiger charge is 2.32. The molecule has 6 heteroatoms. The van der Waals surface area contributed by atoms with E-state index in [1.54, 1.807) is 23.9 Å². The SMILES string of the molecule is CCCC1CN=C(Nc2ccc3c(c2)C(=O)N(C)C3=O)S1. The Morgan fingerprint density at radius 3 is 2.86 bits per heavy atom. The van der Waals surface area contributed by atoms with Gasteiger partial charge >= 0.3 is 0 Å². The van der Waals surface area contributed by atoms with Crippen LogP contribution in [0.4, 0.5) is 5.69 Å². The van der Waals surface area contributed by atoms with Gasteiger partial charge in [0.1, 0.15) is 0 Å². The Hall–Kier alpha value is -1.82. The molecule has 2 heterocycles. The number of benzene rings is 1. The number of amidine groups is 1. The highest BCUT2D eigenvalue weighted by molar-refractivity contribution is 8.15. The van der Waals surface area contributed by atoms with Gasteiger partial charge in [-0.25, -0.2) is 0 Å². The molecule has 0 bridgehead atoms. The summed E-state index contributed by atoms with van der Waals surface area (Å²) < 4.78 is 0. The molecule has 0 fully saturated rings. The second kappa shape index (κ2) is 5.52. The van der Waals surface area contributed by atoms with Crippen LogP contribution in [0, 0.1) is 0 Å². The third-order valence-electron chi connectivity index (χ3n) is 3.67. The average molecular weight is 303 g/mol. The highest BCUT2D eigenvalue weighted by Crippen LogP contribution is 2.28. The Bertz CT molecular complexity index is 642. The van der Waals surface area contributed by atoms with E-state index in [-0.39, 0.29) is 11.8 Å². The number of nitrogens with one attached hydrogen (secondary N) is 1. The number of anilines is 1. The summed E-state index contributed by atoms with van der Waals surface area (Å²) in [6, 6.07) is 5.25. The maximum absolute atomic E-state index is 12.0. The van der Waals surface area contributed by atoms with Crippen LogP contribution >= 0.6 is 11.8 Å². The number of carbonyl (C=O) groups is 2. The van der Waals surface area contributed by atoms with Crippen molar-refractivity contribution < 1.29 is 9.59 Å². The second-order valence-corrected chi connectivity index (χ2v) is 6.52. The zero-order valence-electron chi connectivity index (χ0n) is 12.0. The number of hydrogen-bond acceptors (Lipinski definition) is 5. The van der Waals surface area contributed by atoms with Gasteiger partial charge in [-0.1, -0.05) is 25.1 Å². The lowest BCUT2D eigenvalue weighted by atomic mass is 10.1. The molecule has 0 saturated heterocycles. The second-order valence-electron chi connectivity index (χ2n) is 5.23. The summed E-state index contributed by atoms with van der Waals surface area (Å²) in [5.74, 6) is -0.485. The quantitative estimate of drug-likeness (QED) is 0.872. The van der Waals surface area contributed by atoms with Crippen molar-refractivity contribution in [3.63, 3.8) is 0 Å². The predicted octanol–water partition coefficient (Wildman–Crippen LogP) is 2.60. The molecule has 1 aromatic rings. The smallest absolute Gasteiger partial charge is 0.261 e. The normalized spacial score (nSPS) is 20.8. The summed E-state index contributed by atoms with van der Waals surface area (Å²) in [6.45, 7) is 3.01. The molecule has 2 aliphatic heterocycles.